The maximum absolute atomic E-state index is 11.8. The van der Waals surface area contributed by atoms with Crippen LogP contribution in [0.5, 0.6) is 0 Å². The molecule has 0 aliphatic heterocycles. The Morgan fingerprint density at radius 3 is 2.56 bits per heavy atom. The molecule has 5 nitrogen and oxygen atoms in total. The third kappa shape index (κ3) is 2.51. The number of benzene rings is 1. The van der Waals surface area contributed by atoms with E-state index >= 15 is 0 Å². The van der Waals surface area contributed by atoms with Gasteiger partial charge < -0.3 is 0 Å². The van der Waals surface area contributed by atoms with Crippen LogP contribution in [0.25, 0.3) is 0 Å². The van der Waals surface area contributed by atoms with Crippen LogP contribution in [0.4, 0.5) is 5.69 Å². The molecule has 0 aromatic heterocycles. The second kappa shape index (κ2) is 4.80. The predicted octanol–water partition coefficient (Wildman–Crippen LogP) is 1.92. The molecular weight excluding hydrogens is 254 g/mol. The van der Waals surface area contributed by atoms with Gasteiger partial charge in [-0.15, -0.1) is 11.6 Å². The number of aryl methyl sites for hydroxylation is 1. The zero-order valence-corrected chi connectivity index (χ0v) is 10.1. The highest BCUT2D eigenvalue weighted by molar-refractivity contribution is 7.91. The first-order chi connectivity index (χ1) is 7.40. The number of halogens is 1. The van der Waals surface area contributed by atoms with Crippen LogP contribution in [0, 0.1) is 17.0 Å². The predicted molar refractivity (Wildman–Crippen MR) is 60.6 cm³/mol. The minimum Gasteiger partial charge on any atom is -0.258 e. The van der Waals surface area contributed by atoms with Crippen molar-refractivity contribution >= 4 is 27.1 Å². The van der Waals surface area contributed by atoms with E-state index in [-0.39, 0.29) is 16.5 Å². The monoisotopic (exact) mass is 263 g/mol. The van der Waals surface area contributed by atoms with Crippen LogP contribution in [0.2, 0.25) is 0 Å². The molecule has 0 saturated heterocycles. The molecule has 0 N–H and O–H groups in total. The SMILES string of the molecule is Cc1cccc([N+](=O)[O-])c1S(=O)(=O)CCCl. The summed E-state index contributed by atoms with van der Waals surface area (Å²) in [6, 6.07) is 4.15. The third-order valence-electron chi connectivity index (χ3n) is 2.04. The van der Waals surface area contributed by atoms with E-state index in [2.05, 4.69) is 0 Å². The number of nitro benzene ring substituents is 1. The van der Waals surface area contributed by atoms with Gasteiger partial charge in [-0.2, -0.15) is 0 Å². The average Bonchev–Trinajstić information content (AvgIpc) is 2.16. The maximum Gasteiger partial charge on any atom is 0.288 e. The van der Waals surface area contributed by atoms with Gasteiger partial charge in [0.15, 0.2) is 9.84 Å². The van der Waals surface area contributed by atoms with Crippen molar-refractivity contribution < 1.29 is 13.3 Å². The molecule has 0 radical (unpaired) electrons. The zero-order chi connectivity index (χ0) is 12.3. The van der Waals surface area contributed by atoms with E-state index in [9.17, 15) is 18.5 Å². The van der Waals surface area contributed by atoms with Crippen molar-refractivity contribution in [1.29, 1.82) is 0 Å². The van der Waals surface area contributed by atoms with Crippen molar-refractivity contribution in [2.45, 2.75) is 11.8 Å². The van der Waals surface area contributed by atoms with Crippen molar-refractivity contribution in [3.8, 4) is 0 Å². The molecule has 1 aromatic carbocycles. The molecule has 1 rings (SSSR count). The Balaban J connectivity index is 3.48. The van der Waals surface area contributed by atoms with Crippen LogP contribution in [0.3, 0.4) is 0 Å². The average molecular weight is 264 g/mol. The van der Waals surface area contributed by atoms with E-state index in [0.717, 1.165) is 0 Å². The topological polar surface area (TPSA) is 77.3 Å². The van der Waals surface area contributed by atoms with E-state index in [1.807, 2.05) is 0 Å². The fourth-order valence-corrected chi connectivity index (χ4v) is 3.43. The Kier molecular flexibility index (Phi) is 3.88. The van der Waals surface area contributed by atoms with E-state index in [1.54, 1.807) is 0 Å². The fraction of sp³-hybridized carbons (Fsp3) is 0.333. The van der Waals surface area contributed by atoms with Crippen LogP contribution in [-0.4, -0.2) is 25.0 Å². The summed E-state index contributed by atoms with van der Waals surface area (Å²) in [5.74, 6) is -0.395. The van der Waals surface area contributed by atoms with Gasteiger partial charge in [0.1, 0.15) is 4.90 Å². The smallest absolute Gasteiger partial charge is 0.258 e. The Morgan fingerprint density at radius 2 is 2.06 bits per heavy atom. The first kappa shape index (κ1) is 12.9. The van der Waals surface area contributed by atoms with Crippen LogP contribution < -0.4 is 0 Å². The summed E-state index contributed by atoms with van der Waals surface area (Å²) in [6.45, 7) is 1.52. The normalized spacial score (nSPS) is 11.4. The largest absolute Gasteiger partial charge is 0.288 e. The fourth-order valence-electron chi connectivity index (χ4n) is 1.39. The summed E-state index contributed by atoms with van der Waals surface area (Å²) in [5.41, 5.74) is -0.0376. The van der Waals surface area contributed by atoms with Crippen molar-refractivity contribution in [3.63, 3.8) is 0 Å². The van der Waals surface area contributed by atoms with Gasteiger partial charge in [-0.05, 0) is 12.5 Å². The summed E-state index contributed by atoms with van der Waals surface area (Å²) < 4.78 is 23.6. The third-order valence-corrected chi connectivity index (χ3v) is 4.35. The molecule has 0 atom stereocenters. The van der Waals surface area contributed by atoms with Gasteiger partial charge in [0, 0.05) is 11.9 Å². The first-order valence-corrected chi connectivity index (χ1v) is 6.61. The molecule has 0 fully saturated rings. The molecule has 0 aliphatic rings. The molecular formula is C9H10ClNO4S. The lowest BCUT2D eigenvalue weighted by molar-refractivity contribution is -0.387. The molecule has 1 aromatic rings. The maximum atomic E-state index is 11.8. The van der Waals surface area contributed by atoms with Gasteiger partial charge in [0.2, 0.25) is 0 Å². The number of nitro groups is 1. The van der Waals surface area contributed by atoms with Crippen LogP contribution in [0.15, 0.2) is 23.1 Å². The second-order valence-corrected chi connectivity index (χ2v) is 5.61. The van der Waals surface area contributed by atoms with E-state index < -0.39 is 20.4 Å². The summed E-state index contributed by atoms with van der Waals surface area (Å²) >= 11 is 5.37. The van der Waals surface area contributed by atoms with Gasteiger partial charge in [-0.25, -0.2) is 8.42 Å². The van der Waals surface area contributed by atoms with Crippen molar-refractivity contribution in [3.05, 3.63) is 33.9 Å². The number of rotatable bonds is 4. The molecule has 0 amide bonds. The molecule has 0 heterocycles. The number of hydrogen-bond donors (Lipinski definition) is 0. The lowest BCUT2D eigenvalue weighted by Gasteiger charge is -2.06. The van der Waals surface area contributed by atoms with Crippen LogP contribution >= 0.6 is 11.6 Å². The van der Waals surface area contributed by atoms with Crippen molar-refractivity contribution in [2.24, 2.45) is 0 Å². The van der Waals surface area contributed by atoms with Crippen molar-refractivity contribution in [2.75, 3.05) is 11.6 Å². The minimum absolute atomic E-state index is 0.0895. The van der Waals surface area contributed by atoms with Gasteiger partial charge >= 0.3 is 0 Å². The summed E-state index contributed by atoms with van der Waals surface area (Å²) in [5, 5.41) is 10.7. The van der Waals surface area contributed by atoms with Crippen LogP contribution in [-0.2, 0) is 9.84 Å². The summed E-state index contributed by atoms with van der Waals surface area (Å²) in [6.07, 6.45) is 0. The molecule has 88 valence electrons. The number of alkyl halides is 1. The molecule has 16 heavy (non-hydrogen) atoms. The van der Waals surface area contributed by atoms with Gasteiger partial charge in [0.25, 0.3) is 5.69 Å². The van der Waals surface area contributed by atoms with E-state index in [1.165, 1.54) is 25.1 Å². The first-order valence-electron chi connectivity index (χ1n) is 4.43. The Morgan fingerprint density at radius 1 is 1.44 bits per heavy atom. The molecule has 7 heteroatoms. The van der Waals surface area contributed by atoms with Gasteiger partial charge in [-0.3, -0.25) is 10.1 Å². The molecule has 0 aliphatic carbocycles. The summed E-state index contributed by atoms with van der Waals surface area (Å²) in [4.78, 5) is 9.80. The van der Waals surface area contributed by atoms with E-state index in [0.29, 0.717) is 5.56 Å². The quantitative estimate of drug-likeness (QED) is 0.472. The number of nitrogens with zero attached hydrogens (tertiary/aromatic N) is 1. The standard InChI is InChI=1S/C9H10ClNO4S/c1-7-3-2-4-8(11(12)13)9(7)16(14,15)6-5-10/h2-4H,5-6H2,1H3. The molecule has 0 saturated carbocycles. The highest BCUT2D eigenvalue weighted by atomic mass is 35.5. The minimum atomic E-state index is -3.69. The Labute approximate surface area is 98.1 Å². The number of sulfone groups is 1. The highest BCUT2D eigenvalue weighted by Gasteiger charge is 2.26. The molecule has 0 spiro atoms. The lowest BCUT2D eigenvalue weighted by atomic mass is 10.2. The zero-order valence-electron chi connectivity index (χ0n) is 8.51. The summed E-state index contributed by atoms with van der Waals surface area (Å²) in [7, 11) is -3.69. The van der Waals surface area contributed by atoms with Gasteiger partial charge in [-0.1, -0.05) is 12.1 Å². The Hall–Kier alpha value is -1.14. The molecule has 0 bridgehead atoms. The van der Waals surface area contributed by atoms with E-state index in [4.69, 9.17) is 11.6 Å². The molecule has 0 unspecified atom stereocenters. The lowest BCUT2D eigenvalue weighted by Crippen LogP contribution is -2.12. The second-order valence-electron chi connectivity index (χ2n) is 3.19. The van der Waals surface area contributed by atoms with Crippen LogP contribution in [0.1, 0.15) is 5.56 Å². The number of hydrogen-bond acceptors (Lipinski definition) is 4. The highest BCUT2D eigenvalue weighted by Crippen LogP contribution is 2.27. The van der Waals surface area contributed by atoms with Gasteiger partial charge in [0.05, 0.1) is 10.7 Å². The Bertz CT molecular complexity index is 512. The van der Waals surface area contributed by atoms with Crippen molar-refractivity contribution in [1.82, 2.24) is 0 Å².